The van der Waals surface area contributed by atoms with Gasteiger partial charge < -0.3 is 4.57 Å². The Morgan fingerprint density at radius 2 is 1.94 bits per heavy atom. The third-order valence-corrected chi connectivity index (χ3v) is 3.20. The van der Waals surface area contributed by atoms with E-state index in [0.29, 0.717) is 5.03 Å². The molecule has 82 valence electrons. The second kappa shape index (κ2) is 4.53. The lowest BCUT2D eigenvalue weighted by Crippen LogP contribution is -2.18. The minimum Gasteiger partial charge on any atom is -0.315 e. The summed E-state index contributed by atoms with van der Waals surface area (Å²) in [6, 6.07) is 8.04. The lowest BCUT2D eigenvalue weighted by Gasteiger charge is -2.02. The van der Waals surface area contributed by atoms with Crippen molar-refractivity contribution in [3.05, 3.63) is 52.6 Å². The van der Waals surface area contributed by atoms with Crippen LogP contribution in [0.25, 0.3) is 0 Å². The van der Waals surface area contributed by atoms with E-state index in [2.05, 4.69) is 4.98 Å². The van der Waals surface area contributed by atoms with Crippen LogP contribution in [0.5, 0.6) is 0 Å². The van der Waals surface area contributed by atoms with Crippen molar-refractivity contribution < 1.29 is 0 Å². The van der Waals surface area contributed by atoms with Crippen LogP contribution >= 0.6 is 11.8 Å². The summed E-state index contributed by atoms with van der Waals surface area (Å²) >= 11 is 1.39. The van der Waals surface area contributed by atoms with Crippen molar-refractivity contribution in [3.8, 4) is 0 Å². The molecule has 0 unspecified atom stereocenters. The van der Waals surface area contributed by atoms with Crippen LogP contribution in [0.4, 0.5) is 0 Å². The van der Waals surface area contributed by atoms with Crippen molar-refractivity contribution in [3.63, 3.8) is 0 Å². The molecule has 0 fully saturated rings. The molecule has 1 heterocycles. The topological polar surface area (TPSA) is 34.9 Å². The van der Waals surface area contributed by atoms with Gasteiger partial charge in [0.25, 0.3) is 5.56 Å². The smallest absolute Gasteiger partial charge is 0.283 e. The van der Waals surface area contributed by atoms with Gasteiger partial charge in [-0.3, -0.25) is 4.79 Å². The molecule has 16 heavy (non-hydrogen) atoms. The Morgan fingerprint density at radius 3 is 2.62 bits per heavy atom. The Labute approximate surface area is 98.2 Å². The average Bonchev–Trinajstić information content (AvgIpc) is 2.28. The van der Waals surface area contributed by atoms with Crippen molar-refractivity contribution in [2.75, 3.05) is 0 Å². The van der Waals surface area contributed by atoms with Crippen LogP contribution in [-0.4, -0.2) is 9.55 Å². The van der Waals surface area contributed by atoms with E-state index in [1.807, 2.05) is 31.2 Å². The van der Waals surface area contributed by atoms with Gasteiger partial charge in [0.1, 0.15) is 0 Å². The molecule has 0 bridgehead atoms. The zero-order chi connectivity index (χ0) is 11.5. The Balaban J connectivity index is 2.31. The molecule has 2 rings (SSSR count). The molecule has 0 N–H and O–H groups in total. The molecule has 0 amide bonds. The predicted octanol–water partition coefficient (Wildman–Crippen LogP) is 2.24. The minimum absolute atomic E-state index is 0.0620. The molecular weight excluding hydrogens is 220 g/mol. The molecule has 0 saturated heterocycles. The van der Waals surface area contributed by atoms with Crippen molar-refractivity contribution in [1.29, 1.82) is 0 Å². The number of hydrogen-bond donors (Lipinski definition) is 0. The Morgan fingerprint density at radius 1 is 1.25 bits per heavy atom. The van der Waals surface area contributed by atoms with Gasteiger partial charge in [-0.15, -0.1) is 0 Å². The largest absolute Gasteiger partial charge is 0.315 e. The highest BCUT2D eigenvalue weighted by atomic mass is 32.2. The molecule has 3 nitrogen and oxygen atoms in total. The van der Waals surface area contributed by atoms with E-state index in [9.17, 15) is 4.79 Å². The second-order valence-electron chi connectivity index (χ2n) is 3.56. The summed E-state index contributed by atoms with van der Waals surface area (Å²) in [5, 5.41) is 0.508. The van der Waals surface area contributed by atoms with E-state index in [1.165, 1.54) is 21.9 Å². The fourth-order valence-electron chi connectivity index (χ4n) is 1.26. The molecular formula is C12H12N2OS. The molecule has 0 atom stereocenters. The monoisotopic (exact) mass is 232 g/mol. The lowest BCUT2D eigenvalue weighted by molar-refractivity contribution is 0.794. The number of nitrogens with zero attached hydrogens (tertiary/aromatic N) is 2. The Kier molecular flexibility index (Phi) is 3.10. The molecule has 0 aliphatic carbocycles. The molecule has 0 spiro atoms. The van der Waals surface area contributed by atoms with E-state index in [-0.39, 0.29) is 5.56 Å². The van der Waals surface area contributed by atoms with E-state index < -0.39 is 0 Å². The predicted molar refractivity (Wildman–Crippen MR) is 64.8 cm³/mol. The first-order chi connectivity index (χ1) is 7.66. The van der Waals surface area contributed by atoms with Gasteiger partial charge in [0.2, 0.25) is 0 Å². The fraction of sp³-hybridized carbons (Fsp3) is 0.167. The summed E-state index contributed by atoms with van der Waals surface area (Å²) in [5.74, 6) is 0. The van der Waals surface area contributed by atoms with Crippen LogP contribution in [0.2, 0.25) is 0 Å². The maximum Gasteiger partial charge on any atom is 0.283 e. The first kappa shape index (κ1) is 11.0. The van der Waals surface area contributed by atoms with Crippen LogP contribution in [-0.2, 0) is 7.05 Å². The second-order valence-corrected chi connectivity index (χ2v) is 4.63. The van der Waals surface area contributed by atoms with Crippen molar-refractivity contribution in [2.45, 2.75) is 16.8 Å². The van der Waals surface area contributed by atoms with Crippen LogP contribution in [0.3, 0.4) is 0 Å². The number of aryl methyl sites for hydroxylation is 2. The molecule has 0 saturated carbocycles. The summed E-state index contributed by atoms with van der Waals surface area (Å²) in [4.78, 5) is 16.8. The van der Waals surface area contributed by atoms with E-state index in [1.54, 1.807) is 19.4 Å². The van der Waals surface area contributed by atoms with Crippen LogP contribution in [0.15, 0.2) is 51.4 Å². The summed E-state index contributed by atoms with van der Waals surface area (Å²) in [7, 11) is 1.73. The molecule has 0 radical (unpaired) electrons. The molecule has 4 heteroatoms. The average molecular weight is 232 g/mol. The first-order valence-corrected chi connectivity index (χ1v) is 5.74. The zero-order valence-corrected chi connectivity index (χ0v) is 9.99. The molecule has 1 aromatic carbocycles. The zero-order valence-electron chi connectivity index (χ0n) is 9.18. The summed E-state index contributed by atoms with van der Waals surface area (Å²) in [6.07, 6.45) is 3.29. The molecule has 0 aliphatic heterocycles. The standard InChI is InChI=1S/C12H12N2OS/c1-9-3-5-10(6-4-9)16-11-12(15)14(2)8-7-13-11/h3-8H,1-2H3. The fourth-order valence-corrected chi connectivity index (χ4v) is 2.10. The van der Waals surface area contributed by atoms with Gasteiger partial charge in [-0.25, -0.2) is 4.98 Å². The number of hydrogen-bond acceptors (Lipinski definition) is 3. The Hall–Kier alpha value is -1.55. The Bertz CT molecular complexity index is 546. The third kappa shape index (κ3) is 2.33. The van der Waals surface area contributed by atoms with Crippen molar-refractivity contribution in [2.24, 2.45) is 7.05 Å². The van der Waals surface area contributed by atoms with Gasteiger partial charge in [-0.2, -0.15) is 0 Å². The van der Waals surface area contributed by atoms with Crippen LogP contribution in [0, 0.1) is 6.92 Å². The quantitative estimate of drug-likeness (QED) is 0.796. The third-order valence-electron chi connectivity index (χ3n) is 2.22. The first-order valence-electron chi connectivity index (χ1n) is 4.93. The highest BCUT2D eigenvalue weighted by Crippen LogP contribution is 2.23. The number of rotatable bonds is 2. The maximum atomic E-state index is 11.7. The van der Waals surface area contributed by atoms with Crippen LogP contribution < -0.4 is 5.56 Å². The van der Waals surface area contributed by atoms with Gasteiger partial charge in [0.15, 0.2) is 5.03 Å². The number of aromatic nitrogens is 2. The molecule has 0 aliphatic rings. The highest BCUT2D eigenvalue weighted by Gasteiger charge is 2.04. The summed E-state index contributed by atoms with van der Waals surface area (Å²) in [5.41, 5.74) is 1.14. The number of benzene rings is 1. The highest BCUT2D eigenvalue weighted by molar-refractivity contribution is 7.99. The maximum absolute atomic E-state index is 11.7. The van der Waals surface area contributed by atoms with Gasteiger partial charge in [-0.1, -0.05) is 29.5 Å². The molecule has 2 aromatic rings. The van der Waals surface area contributed by atoms with Gasteiger partial charge in [-0.05, 0) is 19.1 Å². The lowest BCUT2D eigenvalue weighted by atomic mass is 10.2. The van der Waals surface area contributed by atoms with Crippen LogP contribution in [0.1, 0.15) is 5.56 Å². The molecule has 1 aromatic heterocycles. The van der Waals surface area contributed by atoms with Gasteiger partial charge in [0.05, 0.1) is 0 Å². The normalized spacial score (nSPS) is 10.4. The minimum atomic E-state index is -0.0620. The van der Waals surface area contributed by atoms with Crippen molar-refractivity contribution in [1.82, 2.24) is 9.55 Å². The summed E-state index contributed by atoms with van der Waals surface area (Å²) in [6.45, 7) is 2.04. The van der Waals surface area contributed by atoms with Gasteiger partial charge >= 0.3 is 0 Å². The SMILES string of the molecule is Cc1ccc(Sc2nccn(C)c2=O)cc1. The van der Waals surface area contributed by atoms with E-state index in [4.69, 9.17) is 0 Å². The van der Waals surface area contributed by atoms with E-state index >= 15 is 0 Å². The van der Waals surface area contributed by atoms with E-state index in [0.717, 1.165) is 4.90 Å². The van der Waals surface area contributed by atoms with Gasteiger partial charge in [0, 0.05) is 24.3 Å². The van der Waals surface area contributed by atoms with Crippen molar-refractivity contribution >= 4 is 11.8 Å². The summed E-state index contributed by atoms with van der Waals surface area (Å²) < 4.78 is 1.53.